The van der Waals surface area contributed by atoms with Gasteiger partial charge in [0.1, 0.15) is 0 Å². The lowest BCUT2D eigenvalue weighted by atomic mass is 10.0. The Morgan fingerprint density at radius 3 is 2.87 bits per heavy atom. The molecule has 0 heterocycles. The average Bonchev–Trinajstić information content (AvgIpc) is 2.55. The maximum atomic E-state index is 10.9. The van der Waals surface area contributed by atoms with Crippen molar-refractivity contribution < 1.29 is 15.1 Å². The van der Waals surface area contributed by atoms with Gasteiger partial charge in [-0.2, -0.15) is 0 Å². The van der Waals surface area contributed by atoms with Crippen molar-refractivity contribution in [1.29, 1.82) is 0 Å². The maximum absolute atomic E-state index is 10.9. The molecular weight excluding hydrogens is 218 g/mol. The molecule has 15 heavy (non-hydrogen) atoms. The molecule has 2 rings (SSSR count). The molecule has 0 amide bonds. The number of carboxylic acid groups (broad SMARTS) is 1. The van der Waals surface area contributed by atoms with Gasteiger partial charge in [0.05, 0.1) is 11.6 Å². The number of nitrogens with zero attached hydrogens (tertiary/aromatic N) is 1. The Morgan fingerprint density at radius 1 is 1.53 bits per heavy atom. The van der Waals surface area contributed by atoms with Crippen LogP contribution in [0.15, 0.2) is 23.4 Å². The van der Waals surface area contributed by atoms with Crippen LogP contribution in [0.1, 0.15) is 23.5 Å². The lowest BCUT2D eigenvalue weighted by Gasteiger charge is -2.03. The van der Waals surface area contributed by atoms with Crippen LogP contribution in [-0.4, -0.2) is 22.0 Å². The van der Waals surface area contributed by atoms with Crippen LogP contribution in [0.3, 0.4) is 0 Å². The molecule has 1 aromatic carbocycles. The summed E-state index contributed by atoms with van der Waals surface area (Å²) in [6, 6.07) is 4.92. The van der Waals surface area contributed by atoms with Crippen molar-refractivity contribution in [1.82, 2.24) is 0 Å². The molecule has 0 saturated heterocycles. The molecule has 1 atom stereocenters. The number of halogens is 1. The molecule has 78 valence electrons. The number of aliphatic carboxylic acids is 1. The van der Waals surface area contributed by atoms with E-state index < -0.39 is 11.9 Å². The van der Waals surface area contributed by atoms with E-state index in [4.69, 9.17) is 21.9 Å². The molecule has 1 aliphatic carbocycles. The van der Waals surface area contributed by atoms with Crippen molar-refractivity contribution >= 4 is 23.3 Å². The van der Waals surface area contributed by atoms with E-state index in [1.54, 1.807) is 18.2 Å². The highest BCUT2D eigenvalue weighted by atomic mass is 35.5. The number of hydrogen-bond acceptors (Lipinski definition) is 3. The zero-order valence-electron chi connectivity index (χ0n) is 7.64. The second kappa shape index (κ2) is 3.55. The van der Waals surface area contributed by atoms with Crippen molar-refractivity contribution in [2.45, 2.75) is 12.3 Å². The van der Waals surface area contributed by atoms with Crippen molar-refractivity contribution in [2.24, 2.45) is 5.16 Å². The van der Waals surface area contributed by atoms with Gasteiger partial charge in [0.2, 0.25) is 0 Å². The molecular formula is C10H8ClNO3. The van der Waals surface area contributed by atoms with Gasteiger partial charge in [-0.1, -0.05) is 22.8 Å². The van der Waals surface area contributed by atoms with E-state index in [9.17, 15) is 4.79 Å². The zero-order chi connectivity index (χ0) is 11.0. The van der Waals surface area contributed by atoms with Gasteiger partial charge in [-0.05, 0) is 17.7 Å². The summed E-state index contributed by atoms with van der Waals surface area (Å²) in [4.78, 5) is 10.9. The highest BCUT2D eigenvalue weighted by Crippen LogP contribution is 2.35. The molecule has 2 N–H and O–H groups in total. The van der Waals surface area contributed by atoms with E-state index in [0.717, 1.165) is 0 Å². The fraction of sp³-hybridized carbons (Fsp3) is 0.200. The van der Waals surface area contributed by atoms with Crippen molar-refractivity contribution in [3.8, 4) is 0 Å². The summed E-state index contributed by atoms with van der Waals surface area (Å²) < 4.78 is 0. The lowest BCUT2D eigenvalue weighted by Crippen LogP contribution is -2.08. The Labute approximate surface area is 90.8 Å². The molecule has 0 saturated carbocycles. The summed E-state index contributed by atoms with van der Waals surface area (Å²) in [5, 5.41) is 21.3. The first-order valence-electron chi connectivity index (χ1n) is 4.37. The third-order valence-corrected chi connectivity index (χ3v) is 2.75. The van der Waals surface area contributed by atoms with Crippen molar-refractivity contribution in [3.05, 3.63) is 34.3 Å². The molecule has 0 aliphatic heterocycles. The van der Waals surface area contributed by atoms with Crippen LogP contribution in [0.4, 0.5) is 0 Å². The molecule has 1 aromatic rings. The van der Waals surface area contributed by atoms with Gasteiger partial charge in [0.15, 0.2) is 0 Å². The molecule has 5 heteroatoms. The quantitative estimate of drug-likeness (QED) is 0.568. The molecule has 0 fully saturated rings. The van der Waals surface area contributed by atoms with Crippen LogP contribution in [-0.2, 0) is 4.79 Å². The second-order valence-corrected chi connectivity index (χ2v) is 3.81. The molecule has 0 aromatic heterocycles. The van der Waals surface area contributed by atoms with Crippen LogP contribution in [0, 0.1) is 0 Å². The van der Waals surface area contributed by atoms with E-state index in [1.165, 1.54) is 0 Å². The van der Waals surface area contributed by atoms with E-state index >= 15 is 0 Å². The van der Waals surface area contributed by atoms with Gasteiger partial charge in [-0.25, -0.2) is 0 Å². The molecule has 0 radical (unpaired) electrons. The summed E-state index contributed by atoms with van der Waals surface area (Å²) in [6.45, 7) is 0. The number of rotatable bonds is 1. The fourth-order valence-electron chi connectivity index (χ4n) is 1.81. The number of carboxylic acids is 1. The summed E-state index contributed by atoms with van der Waals surface area (Å²) in [7, 11) is 0. The molecule has 0 bridgehead atoms. The summed E-state index contributed by atoms with van der Waals surface area (Å²) in [5.41, 5.74) is 1.65. The summed E-state index contributed by atoms with van der Waals surface area (Å²) in [6.07, 6.45) is 0.210. The minimum atomic E-state index is -0.919. The lowest BCUT2D eigenvalue weighted by molar-refractivity contribution is -0.138. The Balaban J connectivity index is 2.57. The minimum Gasteiger partial charge on any atom is -0.481 e. The van der Waals surface area contributed by atoms with E-state index in [0.29, 0.717) is 21.9 Å². The molecule has 4 nitrogen and oxygen atoms in total. The van der Waals surface area contributed by atoms with Crippen LogP contribution in [0.2, 0.25) is 5.02 Å². The third kappa shape index (κ3) is 1.57. The Bertz CT molecular complexity index is 456. The van der Waals surface area contributed by atoms with Crippen LogP contribution in [0.5, 0.6) is 0 Å². The summed E-state index contributed by atoms with van der Waals surface area (Å²) in [5.74, 6) is -1.56. The first-order valence-corrected chi connectivity index (χ1v) is 4.75. The highest BCUT2D eigenvalue weighted by Gasteiger charge is 2.33. The zero-order valence-corrected chi connectivity index (χ0v) is 8.40. The Morgan fingerprint density at radius 2 is 2.27 bits per heavy atom. The van der Waals surface area contributed by atoms with Crippen molar-refractivity contribution in [2.75, 3.05) is 0 Å². The van der Waals surface area contributed by atoms with Crippen LogP contribution in [0.25, 0.3) is 0 Å². The standard InChI is InChI=1S/C10H8ClNO3/c11-5-1-2-6-7(3-5)9(12-15)4-8(6)10(13)14/h1-3,8,15H,4H2,(H,13,14)/b12-9-. The number of benzene rings is 1. The number of hydrogen-bond donors (Lipinski definition) is 2. The van der Waals surface area contributed by atoms with Gasteiger partial charge in [-0.15, -0.1) is 0 Å². The normalized spacial score (nSPS) is 21.7. The van der Waals surface area contributed by atoms with Gasteiger partial charge in [0.25, 0.3) is 0 Å². The van der Waals surface area contributed by atoms with Gasteiger partial charge in [-0.3, -0.25) is 4.79 Å². The van der Waals surface area contributed by atoms with E-state index in [2.05, 4.69) is 5.16 Å². The largest absolute Gasteiger partial charge is 0.481 e. The SMILES string of the molecule is O=C(O)C1C/C(=N/O)c2cc(Cl)ccc21. The Hall–Kier alpha value is -1.55. The van der Waals surface area contributed by atoms with Gasteiger partial charge < -0.3 is 10.3 Å². The number of fused-ring (bicyclic) bond motifs is 1. The predicted octanol–water partition coefficient (Wildman–Crippen LogP) is 2.09. The number of carbonyl (C=O) groups is 1. The van der Waals surface area contributed by atoms with Crippen LogP contribution >= 0.6 is 11.6 Å². The third-order valence-electron chi connectivity index (χ3n) is 2.52. The first kappa shape index (κ1) is 9.98. The predicted molar refractivity (Wildman–Crippen MR) is 54.8 cm³/mol. The maximum Gasteiger partial charge on any atom is 0.311 e. The topological polar surface area (TPSA) is 69.9 Å². The van der Waals surface area contributed by atoms with E-state index in [1.807, 2.05) is 0 Å². The van der Waals surface area contributed by atoms with Crippen molar-refractivity contribution in [3.63, 3.8) is 0 Å². The van der Waals surface area contributed by atoms with Gasteiger partial charge >= 0.3 is 5.97 Å². The number of oxime groups is 1. The Kier molecular flexibility index (Phi) is 2.36. The molecule has 0 spiro atoms. The fourth-order valence-corrected chi connectivity index (χ4v) is 1.98. The van der Waals surface area contributed by atoms with Gasteiger partial charge in [0, 0.05) is 17.0 Å². The smallest absolute Gasteiger partial charge is 0.311 e. The highest BCUT2D eigenvalue weighted by molar-refractivity contribution is 6.31. The summed E-state index contributed by atoms with van der Waals surface area (Å²) >= 11 is 5.79. The van der Waals surface area contributed by atoms with E-state index in [-0.39, 0.29) is 6.42 Å². The second-order valence-electron chi connectivity index (χ2n) is 3.37. The molecule has 1 unspecified atom stereocenters. The van der Waals surface area contributed by atoms with Crippen LogP contribution < -0.4 is 0 Å². The minimum absolute atomic E-state index is 0.210. The molecule has 1 aliphatic rings. The first-order chi connectivity index (χ1) is 7.13. The average molecular weight is 226 g/mol. The monoisotopic (exact) mass is 225 g/mol.